The SMILES string of the molecule is C.C.C1=NCC(c2ccc(Oc3ccc4cc(CN5CCOCC5)nn4c3)cc2)=C1.C[Si](C)(C)CCOCn1nccc1-c1ccc(Oc2ccc3cc(CN4CCOCC4)nn3c2)cc1. The summed E-state index contributed by atoms with van der Waals surface area (Å²) in [4.78, 5) is 8.97. The summed E-state index contributed by atoms with van der Waals surface area (Å²) in [7, 11) is -1.10. The average molecular weight is 912 g/mol. The standard InChI is InChI=1S/C27H35N5O3Si.C22H22N4O2.2CH4/c1-36(2,3)17-16-34-21-32-27(10-11-28-32)22-4-7-25(8-5-22)35-26-9-6-24-18-23(29-31(24)20-26)19-30-12-14-33-15-13-30;1-4-21(5-2-17(1)18-7-8-23-14-18)28-22-6-3-20-13-19(24-26(20)16-22)15-25-9-11-27-12-10-25;;/h4-11,18,20H,12-17,19,21H2,1-3H3;1-8,13,16H,9-12,14-15H2;2*1H4. The molecule has 0 unspecified atom stereocenters. The summed E-state index contributed by atoms with van der Waals surface area (Å²) in [6.07, 6.45) is 9.58. The van der Waals surface area contributed by atoms with Gasteiger partial charge in [0, 0.05) is 71.9 Å². The number of nitrogens with zero attached hydrogens (tertiary/aromatic N) is 9. The van der Waals surface area contributed by atoms with Crippen molar-refractivity contribution in [2.24, 2.45) is 4.99 Å². The Morgan fingerprint density at radius 3 is 1.64 bits per heavy atom. The monoisotopic (exact) mass is 911 g/mol. The largest absolute Gasteiger partial charge is 0.456 e. The molecule has 66 heavy (non-hydrogen) atoms. The van der Waals surface area contributed by atoms with Gasteiger partial charge < -0.3 is 23.7 Å². The van der Waals surface area contributed by atoms with E-state index in [2.05, 4.69) is 82.0 Å². The fourth-order valence-corrected chi connectivity index (χ4v) is 8.50. The maximum Gasteiger partial charge on any atom is 0.145 e. The lowest BCUT2D eigenvalue weighted by Crippen LogP contribution is -2.35. The van der Waals surface area contributed by atoms with Crippen LogP contribution in [-0.2, 0) is 34.0 Å². The van der Waals surface area contributed by atoms with Gasteiger partial charge in [0.05, 0.1) is 73.5 Å². The number of morpholine rings is 2. The van der Waals surface area contributed by atoms with Crippen molar-refractivity contribution in [3.05, 3.63) is 133 Å². The van der Waals surface area contributed by atoms with Crippen molar-refractivity contribution in [1.29, 1.82) is 0 Å². The highest BCUT2D eigenvalue weighted by molar-refractivity contribution is 6.76. The molecule has 5 aromatic heterocycles. The molecule has 0 N–H and O–H groups in total. The van der Waals surface area contributed by atoms with E-state index in [-0.39, 0.29) is 14.9 Å². The van der Waals surface area contributed by atoms with Crippen molar-refractivity contribution < 1.29 is 23.7 Å². The van der Waals surface area contributed by atoms with Crippen LogP contribution in [0, 0.1) is 0 Å². The molecule has 7 aromatic rings. The van der Waals surface area contributed by atoms with E-state index < -0.39 is 8.07 Å². The van der Waals surface area contributed by atoms with Crippen LogP contribution in [0.4, 0.5) is 0 Å². The van der Waals surface area contributed by atoms with E-state index in [1.54, 1.807) is 0 Å². The van der Waals surface area contributed by atoms with Gasteiger partial charge in [0.15, 0.2) is 0 Å². The third-order valence-electron chi connectivity index (χ3n) is 11.4. The van der Waals surface area contributed by atoms with Crippen molar-refractivity contribution in [1.82, 2.24) is 38.8 Å². The number of ether oxygens (including phenoxy) is 5. The smallest absolute Gasteiger partial charge is 0.145 e. The van der Waals surface area contributed by atoms with Crippen molar-refractivity contribution in [3.8, 4) is 34.3 Å². The quantitative estimate of drug-likeness (QED) is 0.0727. The predicted molar refractivity (Wildman–Crippen MR) is 266 cm³/mol. The molecule has 0 spiro atoms. The molecule has 348 valence electrons. The number of aromatic nitrogens is 6. The zero-order chi connectivity index (χ0) is 43.7. The Kier molecular flexibility index (Phi) is 16.4. The molecule has 0 radical (unpaired) electrons. The van der Waals surface area contributed by atoms with E-state index in [0.29, 0.717) is 6.73 Å². The van der Waals surface area contributed by atoms with Crippen LogP contribution in [-0.4, -0.2) is 119 Å². The number of pyridine rings is 2. The van der Waals surface area contributed by atoms with Crippen LogP contribution in [0.15, 0.2) is 121 Å². The van der Waals surface area contributed by atoms with E-state index in [9.17, 15) is 0 Å². The van der Waals surface area contributed by atoms with Gasteiger partial charge in [-0.1, -0.05) is 46.6 Å². The van der Waals surface area contributed by atoms with Crippen LogP contribution < -0.4 is 9.47 Å². The summed E-state index contributed by atoms with van der Waals surface area (Å²) in [5.41, 5.74) is 8.76. The molecule has 14 nitrogen and oxygen atoms in total. The van der Waals surface area contributed by atoms with Gasteiger partial charge >= 0.3 is 0 Å². The van der Waals surface area contributed by atoms with E-state index in [1.807, 2.05) is 93.1 Å². The minimum absolute atomic E-state index is 0. The Hall–Kier alpha value is -5.94. The van der Waals surface area contributed by atoms with Crippen LogP contribution in [0.2, 0.25) is 25.7 Å². The fraction of sp³-hybridized carbons (Fsp3) is 0.373. The Balaban J connectivity index is 0.000000196. The lowest BCUT2D eigenvalue weighted by atomic mass is 10.1. The molecule has 3 aliphatic heterocycles. The minimum Gasteiger partial charge on any atom is -0.456 e. The normalized spacial score (nSPS) is 15.5. The van der Waals surface area contributed by atoms with Gasteiger partial charge in [0.1, 0.15) is 29.7 Å². The second-order valence-electron chi connectivity index (χ2n) is 17.5. The number of aliphatic imine (C=N–C) groups is 1. The van der Waals surface area contributed by atoms with Crippen LogP contribution in [0.5, 0.6) is 23.0 Å². The molecule has 0 amide bonds. The predicted octanol–water partition coefficient (Wildman–Crippen LogP) is 9.83. The van der Waals surface area contributed by atoms with Crippen molar-refractivity contribution >= 4 is 30.9 Å². The first-order valence-electron chi connectivity index (χ1n) is 22.2. The topological polar surface area (TPSA) is 117 Å². The molecule has 8 heterocycles. The third-order valence-corrected chi connectivity index (χ3v) is 13.1. The molecule has 0 saturated carbocycles. The average Bonchev–Trinajstić information content (AvgIpc) is 4.14. The number of benzene rings is 2. The zero-order valence-electron chi connectivity index (χ0n) is 37.0. The summed E-state index contributed by atoms with van der Waals surface area (Å²) >= 11 is 0. The van der Waals surface area contributed by atoms with Gasteiger partial charge in [0.2, 0.25) is 0 Å². The van der Waals surface area contributed by atoms with Gasteiger partial charge in [-0.05, 0) is 102 Å². The van der Waals surface area contributed by atoms with E-state index in [1.165, 1.54) is 11.1 Å². The van der Waals surface area contributed by atoms with Gasteiger partial charge in [-0.3, -0.25) is 14.8 Å². The number of hydrogen-bond donors (Lipinski definition) is 0. The summed E-state index contributed by atoms with van der Waals surface area (Å²) in [5, 5.41) is 13.9. The molecule has 2 saturated heterocycles. The van der Waals surface area contributed by atoms with Crippen molar-refractivity contribution in [2.45, 2.75) is 60.4 Å². The fourth-order valence-electron chi connectivity index (χ4n) is 7.74. The Bertz CT molecular complexity index is 2670. The van der Waals surface area contributed by atoms with Gasteiger partial charge in [0.25, 0.3) is 0 Å². The number of hydrogen-bond acceptors (Lipinski definition) is 11. The highest BCUT2D eigenvalue weighted by Gasteiger charge is 2.16. The summed E-state index contributed by atoms with van der Waals surface area (Å²) in [6, 6.07) is 31.7. The number of rotatable bonds is 15. The second-order valence-corrected chi connectivity index (χ2v) is 23.1. The summed E-state index contributed by atoms with van der Waals surface area (Å²) in [5.74, 6) is 3.10. The van der Waals surface area contributed by atoms with Crippen molar-refractivity contribution in [3.63, 3.8) is 0 Å². The molecule has 0 bridgehead atoms. The molecular formula is C51H65N9O5Si. The van der Waals surface area contributed by atoms with Gasteiger partial charge in [-0.2, -0.15) is 15.3 Å². The lowest BCUT2D eigenvalue weighted by molar-refractivity contribution is 0.0335. The molecule has 15 heteroatoms. The maximum absolute atomic E-state index is 6.13. The van der Waals surface area contributed by atoms with Crippen LogP contribution in [0.1, 0.15) is 31.8 Å². The first-order chi connectivity index (χ1) is 31.3. The van der Waals surface area contributed by atoms with Gasteiger partial charge in [-0.25, -0.2) is 13.7 Å². The third kappa shape index (κ3) is 12.9. The van der Waals surface area contributed by atoms with E-state index in [0.717, 1.165) is 142 Å². The summed E-state index contributed by atoms with van der Waals surface area (Å²) in [6.45, 7) is 17.7. The summed E-state index contributed by atoms with van der Waals surface area (Å²) < 4.78 is 34.6. The Morgan fingerprint density at radius 1 is 0.621 bits per heavy atom. The zero-order valence-corrected chi connectivity index (χ0v) is 38.0. The van der Waals surface area contributed by atoms with Gasteiger partial charge in [-0.15, -0.1) is 0 Å². The highest BCUT2D eigenvalue weighted by atomic mass is 28.3. The molecule has 0 aliphatic carbocycles. The van der Waals surface area contributed by atoms with E-state index >= 15 is 0 Å². The molecule has 2 fully saturated rings. The molecule has 10 rings (SSSR count). The van der Waals surface area contributed by atoms with Crippen LogP contribution in [0.25, 0.3) is 27.9 Å². The first-order valence-corrected chi connectivity index (χ1v) is 25.9. The highest BCUT2D eigenvalue weighted by Crippen LogP contribution is 2.28. The molecular weight excluding hydrogens is 847 g/mol. The van der Waals surface area contributed by atoms with Crippen LogP contribution in [0.3, 0.4) is 0 Å². The van der Waals surface area contributed by atoms with Crippen molar-refractivity contribution in [2.75, 3.05) is 65.8 Å². The Labute approximate surface area is 390 Å². The number of allylic oxidation sites excluding steroid dienone is 1. The first kappa shape index (κ1) is 48.0. The molecule has 3 aliphatic rings. The second kappa shape index (κ2) is 22.5. The molecule has 2 aromatic carbocycles. The maximum atomic E-state index is 6.13. The minimum atomic E-state index is -1.10. The van der Waals surface area contributed by atoms with E-state index in [4.69, 9.17) is 33.9 Å². The Morgan fingerprint density at radius 2 is 1.14 bits per heavy atom. The molecule has 0 atom stereocenters. The number of fused-ring (bicyclic) bond motifs is 2. The van der Waals surface area contributed by atoms with Crippen LogP contribution >= 0.6 is 0 Å². The lowest BCUT2D eigenvalue weighted by Gasteiger charge is -2.25.